The van der Waals surface area contributed by atoms with Crippen molar-refractivity contribution < 1.29 is 26.3 Å². The minimum absolute atomic E-state index is 0.0731. The molecule has 1 aliphatic heterocycles. The Morgan fingerprint density at radius 3 is 1.27 bits per heavy atom. The topological polar surface area (TPSA) is 99.7 Å². The fraction of sp³-hybridized carbons (Fsp3) is 0.208. The molecule has 0 aromatic heterocycles. The summed E-state index contributed by atoms with van der Waals surface area (Å²) in [6.07, 6.45) is 0. The van der Waals surface area contributed by atoms with Gasteiger partial charge >= 0.3 is 0 Å². The third-order valence-electron chi connectivity index (χ3n) is 10.9. The second-order valence-electron chi connectivity index (χ2n) is 15.3. The van der Waals surface area contributed by atoms with Crippen LogP contribution in [0.2, 0.25) is 0 Å². The predicted octanol–water partition coefficient (Wildman–Crippen LogP) is 8.68. The van der Waals surface area contributed by atoms with E-state index in [2.05, 4.69) is 0 Å². The first-order valence-electron chi connectivity index (χ1n) is 19.8. The number of hydrogen-bond donors (Lipinski definition) is 0. The summed E-state index contributed by atoms with van der Waals surface area (Å²) in [5.74, 6) is 1.06. The number of anilines is 2. The van der Waals surface area contributed by atoms with E-state index < -0.39 is 20.0 Å². The summed E-state index contributed by atoms with van der Waals surface area (Å²) in [6, 6.07) is 44.5. The van der Waals surface area contributed by atoms with Crippen LogP contribution in [-0.4, -0.2) is 66.7 Å². The number of sulfonamides is 2. The summed E-state index contributed by atoms with van der Waals surface area (Å²) in [5.41, 5.74) is 4.88. The Bertz CT molecular complexity index is 2720. The molecular formula is C48H48N4O6S2. The predicted molar refractivity (Wildman–Crippen MR) is 240 cm³/mol. The van der Waals surface area contributed by atoms with Crippen molar-refractivity contribution in [2.75, 3.05) is 51.1 Å². The lowest BCUT2D eigenvalue weighted by molar-refractivity contribution is 0.293. The van der Waals surface area contributed by atoms with E-state index in [9.17, 15) is 0 Å². The van der Waals surface area contributed by atoms with Gasteiger partial charge in [0.15, 0.2) is 0 Å². The molecule has 10 nitrogen and oxygen atoms in total. The highest BCUT2D eigenvalue weighted by atomic mass is 32.2. The van der Waals surface area contributed by atoms with E-state index >= 15 is 16.8 Å². The van der Waals surface area contributed by atoms with Crippen molar-refractivity contribution in [3.63, 3.8) is 0 Å². The second-order valence-corrected chi connectivity index (χ2v) is 19.1. The van der Waals surface area contributed by atoms with Crippen molar-refractivity contribution >= 4 is 53.0 Å². The van der Waals surface area contributed by atoms with Crippen LogP contribution in [-0.2, 0) is 46.3 Å². The summed E-state index contributed by atoms with van der Waals surface area (Å²) in [6.45, 7) is 0.00980. The molecule has 308 valence electrons. The number of nitrogens with zero attached hydrogens (tertiary/aromatic N) is 4. The Labute approximate surface area is 352 Å². The molecule has 1 heterocycles. The van der Waals surface area contributed by atoms with Gasteiger partial charge in [0, 0.05) is 98.4 Å². The molecule has 8 rings (SSSR count). The summed E-state index contributed by atoms with van der Waals surface area (Å²) in [5, 5.41) is 2.71. The number of para-hydroxylation sites is 2. The van der Waals surface area contributed by atoms with Crippen LogP contribution in [0.25, 0.3) is 21.5 Å². The maximum absolute atomic E-state index is 15.3. The van der Waals surface area contributed by atoms with Crippen LogP contribution in [0.1, 0.15) is 22.3 Å². The van der Waals surface area contributed by atoms with E-state index in [1.54, 1.807) is 24.3 Å². The van der Waals surface area contributed by atoms with Gasteiger partial charge in [-0.3, -0.25) is 0 Å². The van der Waals surface area contributed by atoms with Gasteiger partial charge in [-0.25, -0.2) is 16.8 Å². The molecule has 0 fully saturated rings. The van der Waals surface area contributed by atoms with Gasteiger partial charge in [0.2, 0.25) is 20.0 Å². The van der Waals surface area contributed by atoms with Crippen molar-refractivity contribution in [1.29, 1.82) is 0 Å². The fourth-order valence-electron chi connectivity index (χ4n) is 7.89. The quantitative estimate of drug-likeness (QED) is 0.164. The Hall–Kier alpha value is -5.92. The van der Waals surface area contributed by atoms with E-state index in [0.717, 1.165) is 33.3 Å². The lowest BCUT2D eigenvalue weighted by Crippen LogP contribution is -2.40. The normalized spacial score (nSPS) is 14.7. The Morgan fingerprint density at radius 2 is 0.833 bits per heavy atom. The Morgan fingerprint density at radius 1 is 0.450 bits per heavy atom. The summed E-state index contributed by atoms with van der Waals surface area (Å²) >= 11 is 0. The molecule has 1 aliphatic rings. The van der Waals surface area contributed by atoms with Gasteiger partial charge in [-0.05, 0) is 53.6 Å². The zero-order chi connectivity index (χ0) is 42.0. The number of rotatable bonds is 6. The van der Waals surface area contributed by atoms with Gasteiger partial charge in [-0.15, -0.1) is 0 Å². The van der Waals surface area contributed by atoms with Crippen molar-refractivity contribution in [3.8, 4) is 11.5 Å². The zero-order valence-corrected chi connectivity index (χ0v) is 35.8. The molecule has 0 saturated heterocycles. The molecule has 0 atom stereocenters. The first-order valence-corrected chi connectivity index (χ1v) is 22.7. The molecule has 7 aromatic rings. The minimum Gasteiger partial charge on any atom is -0.489 e. The third-order valence-corrected chi connectivity index (χ3v) is 14.7. The number of benzene rings is 7. The molecule has 0 radical (unpaired) electrons. The molecule has 7 aromatic carbocycles. The summed E-state index contributed by atoms with van der Waals surface area (Å²) in [7, 11) is -0.865. The van der Waals surface area contributed by atoms with Gasteiger partial charge in [0.25, 0.3) is 0 Å². The van der Waals surface area contributed by atoms with E-state index in [1.807, 2.05) is 159 Å². The molecule has 0 N–H and O–H groups in total. The first kappa shape index (κ1) is 40.8. The van der Waals surface area contributed by atoms with Crippen LogP contribution >= 0.6 is 0 Å². The molecule has 0 spiro atoms. The standard InChI is InChI=1S/C48H48N4O6S2/c1-49(2)43-22-10-20-41-39(43)18-12-26-47(41)59(53,54)51-28-29-52(60(55,56)48-27-13-19-40-42(48)21-11-23-44(40)50(3)4)32-38-17-6-8-25-46(38)58-34-36-15-9-14-35(30-36)33-57-45-24-7-5-16-37(45)31-51/h5-27,30H,28-29,31-34H2,1-4H3. The van der Waals surface area contributed by atoms with Crippen molar-refractivity contribution in [2.24, 2.45) is 0 Å². The molecular weight excluding hydrogens is 793 g/mol. The molecule has 0 saturated carbocycles. The van der Waals surface area contributed by atoms with E-state index in [-0.39, 0.29) is 49.2 Å². The van der Waals surface area contributed by atoms with E-state index in [4.69, 9.17) is 9.47 Å². The van der Waals surface area contributed by atoms with Crippen LogP contribution in [0.3, 0.4) is 0 Å². The molecule has 2 bridgehead atoms. The zero-order valence-electron chi connectivity index (χ0n) is 34.2. The minimum atomic E-state index is -4.28. The maximum atomic E-state index is 15.3. The fourth-order valence-corrected chi connectivity index (χ4v) is 11.1. The van der Waals surface area contributed by atoms with E-state index in [1.165, 1.54) is 8.61 Å². The molecule has 0 aliphatic carbocycles. The first-order chi connectivity index (χ1) is 28.9. The molecule has 12 heteroatoms. The number of fused-ring (bicyclic) bond motifs is 6. The SMILES string of the molecule is CN(C)c1cccc2c(S(=O)(=O)N3CCN(S(=O)(=O)c4cccc5c(N(C)C)cccc45)Cc4ccccc4OCc4cccc(c4)COc4ccccc4C3)cccc12. The molecule has 0 unspecified atom stereocenters. The Kier molecular flexibility index (Phi) is 11.6. The largest absolute Gasteiger partial charge is 0.489 e. The average molecular weight is 841 g/mol. The van der Waals surface area contributed by atoms with Gasteiger partial charge in [0.05, 0.1) is 9.79 Å². The highest BCUT2D eigenvalue weighted by Gasteiger charge is 2.33. The molecule has 60 heavy (non-hydrogen) atoms. The van der Waals surface area contributed by atoms with Gasteiger partial charge in [0.1, 0.15) is 24.7 Å². The van der Waals surface area contributed by atoms with Crippen LogP contribution in [0, 0.1) is 0 Å². The summed E-state index contributed by atoms with van der Waals surface area (Å²) < 4.78 is 76.7. The van der Waals surface area contributed by atoms with Crippen LogP contribution < -0.4 is 19.3 Å². The third kappa shape index (κ3) is 8.16. The van der Waals surface area contributed by atoms with Crippen LogP contribution in [0.5, 0.6) is 11.5 Å². The smallest absolute Gasteiger partial charge is 0.244 e. The lowest BCUT2D eigenvalue weighted by atomic mass is 10.1. The van der Waals surface area contributed by atoms with Crippen LogP contribution in [0.4, 0.5) is 11.4 Å². The van der Waals surface area contributed by atoms with Gasteiger partial charge in [-0.1, -0.05) is 103 Å². The van der Waals surface area contributed by atoms with Gasteiger partial charge < -0.3 is 19.3 Å². The van der Waals surface area contributed by atoms with Crippen molar-refractivity contribution in [2.45, 2.75) is 36.1 Å². The summed E-state index contributed by atoms with van der Waals surface area (Å²) in [4.78, 5) is 4.16. The van der Waals surface area contributed by atoms with E-state index in [0.29, 0.717) is 33.4 Å². The average Bonchev–Trinajstić information content (AvgIpc) is 3.25. The Balaban J connectivity index is 1.30. The number of hydrogen-bond acceptors (Lipinski definition) is 8. The highest BCUT2D eigenvalue weighted by Crippen LogP contribution is 2.36. The van der Waals surface area contributed by atoms with Crippen LogP contribution in [0.15, 0.2) is 155 Å². The number of ether oxygens (including phenoxy) is 2. The highest BCUT2D eigenvalue weighted by molar-refractivity contribution is 7.89. The van der Waals surface area contributed by atoms with Crippen molar-refractivity contribution in [3.05, 3.63) is 168 Å². The van der Waals surface area contributed by atoms with Gasteiger partial charge in [-0.2, -0.15) is 8.61 Å². The van der Waals surface area contributed by atoms with Crippen molar-refractivity contribution in [1.82, 2.24) is 8.61 Å². The lowest BCUT2D eigenvalue weighted by Gasteiger charge is -2.29. The monoisotopic (exact) mass is 840 g/mol. The molecule has 0 amide bonds. The second kappa shape index (κ2) is 17.0. The maximum Gasteiger partial charge on any atom is 0.244 e.